The van der Waals surface area contributed by atoms with Crippen molar-refractivity contribution >= 4 is 58.5 Å². The maximum absolute atomic E-state index is 13.9. The average Bonchev–Trinajstić information content (AvgIpc) is 3.65. The predicted octanol–water partition coefficient (Wildman–Crippen LogP) is 3.87. The van der Waals surface area contributed by atoms with E-state index in [1.807, 2.05) is 21.2 Å². The number of aromatic nitrogens is 5. The van der Waals surface area contributed by atoms with Crippen LogP contribution in [0.5, 0.6) is 5.75 Å². The summed E-state index contributed by atoms with van der Waals surface area (Å²) in [5, 5.41) is 20.1. The number of thiophene rings is 1. The van der Waals surface area contributed by atoms with Crippen LogP contribution in [0, 0.1) is 12.7 Å². The molecule has 0 saturated carbocycles. The Kier molecular flexibility index (Phi) is 15.5. The molecule has 0 spiro atoms. The van der Waals surface area contributed by atoms with E-state index in [1.54, 1.807) is 27.9 Å². The molecular formula is C28H38FIN6O6S2. The van der Waals surface area contributed by atoms with Crippen molar-refractivity contribution in [3.63, 3.8) is 0 Å². The second kappa shape index (κ2) is 18.2. The standard InChI is InChI=1S/C24H27FN6O4S.C4H10O2.HIS/c1-13(2)28-20(32)15(4)30-21(33)19-14(3)22(31-26-9-10-27-31)36-23(19)29(24(30)34)11-8-16-12-17(25)6-7-18(16)35-5;1-6-4-2-3-5;1-2/h6-7,9-10,12-13,15H,8,11H2,1-5H3,(H,28,32);5H,2-4H2,1H3;2H. The van der Waals surface area contributed by atoms with Crippen LogP contribution in [0.4, 0.5) is 4.39 Å². The SMILES string of the molecule is COCCCO.COc1ccc(F)cc1CCn1c(=O)n(C(C)C(=O)NC(C)C)c(=O)c2c(C)c(-n3nccn3)sc21.SI. The number of carbonyl (C=O) groups excluding carboxylic acids is 1. The molecule has 0 radical (unpaired) electrons. The lowest BCUT2D eigenvalue weighted by Gasteiger charge is -2.19. The zero-order valence-corrected chi connectivity index (χ0v) is 29.3. The molecule has 16 heteroatoms. The number of amides is 1. The van der Waals surface area contributed by atoms with Crippen molar-refractivity contribution in [2.45, 2.75) is 59.2 Å². The highest BCUT2D eigenvalue weighted by atomic mass is 127. The van der Waals surface area contributed by atoms with Crippen LogP contribution in [0.3, 0.4) is 0 Å². The van der Waals surface area contributed by atoms with Crippen molar-refractivity contribution in [3.8, 4) is 10.8 Å². The van der Waals surface area contributed by atoms with Gasteiger partial charge in [0.25, 0.3) is 5.56 Å². The predicted molar refractivity (Wildman–Crippen MR) is 181 cm³/mol. The first-order valence-corrected chi connectivity index (χ1v) is 17.6. The monoisotopic (exact) mass is 764 g/mol. The van der Waals surface area contributed by atoms with Gasteiger partial charge in [0.2, 0.25) is 5.91 Å². The summed E-state index contributed by atoms with van der Waals surface area (Å²) in [7, 11) is 6.61. The number of carbonyl (C=O) groups is 1. The van der Waals surface area contributed by atoms with Gasteiger partial charge in [-0.25, -0.2) is 13.8 Å². The lowest BCUT2D eigenvalue weighted by molar-refractivity contribution is -0.124. The molecule has 1 amide bonds. The molecule has 2 N–H and O–H groups in total. The molecule has 0 aliphatic rings. The number of aliphatic hydroxyl groups is 1. The first kappa shape index (κ1) is 37.4. The number of nitrogens with one attached hydrogen (secondary N) is 1. The van der Waals surface area contributed by atoms with E-state index < -0.39 is 29.0 Å². The fourth-order valence-electron chi connectivity index (χ4n) is 4.31. The minimum atomic E-state index is -1.04. The van der Waals surface area contributed by atoms with Crippen molar-refractivity contribution in [1.82, 2.24) is 29.4 Å². The van der Waals surface area contributed by atoms with Crippen LogP contribution in [0.2, 0.25) is 0 Å². The van der Waals surface area contributed by atoms with E-state index in [-0.39, 0.29) is 25.6 Å². The van der Waals surface area contributed by atoms with E-state index in [9.17, 15) is 18.8 Å². The number of nitrogens with zero attached hydrogens (tertiary/aromatic N) is 5. The molecule has 44 heavy (non-hydrogen) atoms. The van der Waals surface area contributed by atoms with Gasteiger partial charge < -0.3 is 19.9 Å². The Labute approximate surface area is 276 Å². The molecule has 0 aliphatic heterocycles. The van der Waals surface area contributed by atoms with Gasteiger partial charge in [-0.3, -0.25) is 14.2 Å². The first-order valence-electron chi connectivity index (χ1n) is 13.6. The molecule has 4 rings (SSSR count). The fourth-order valence-corrected chi connectivity index (χ4v) is 5.55. The van der Waals surface area contributed by atoms with Crippen molar-refractivity contribution in [3.05, 3.63) is 68.4 Å². The summed E-state index contributed by atoms with van der Waals surface area (Å²) in [6.45, 7) is 7.89. The number of benzene rings is 1. The summed E-state index contributed by atoms with van der Waals surface area (Å²) < 4.78 is 26.3. The molecule has 0 aliphatic carbocycles. The molecule has 1 atom stereocenters. The third-order valence-corrected chi connectivity index (χ3v) is 7.65. The first-order chi connectivity index (χ1) is 21.0. The highest BCUT2D eigenvalue weighted by molar-refractivity contribution is 14.2. The minimum absolute atomic E-state index is 0.125. The fraction of sp³-hybridized carbons (Fsp3) is 0.464. The quantitative estimate of drug-likeness (QED) is 0.119. The normalized spacial score (nSPS) is 11.4. The second-order valence-corrected chi connectivity index (χ2v) is 10.7. The van der Waals surface area contributed by atoms with E-state index in [0.29, 0.717) is 38.7 Å². The summed E-state index contributed by atoms with van der Waals surface area (Å²) >= 11 is 3.05. The number of ether oxygens (including phenoxy) is 2. The van der Waals surface area contributed by atoms with Crippen molar-refractivity contribution in [2.75, 3.05) is 27.4 Å². The van der Waals surface area contributed by atoms with Crippen molar-refractivity contribution in [1.29, 1.82) is 0 Å². The lowest BCUT2D eigenvalue weighted by Crippen LogP contribution is -2.47. The van der Waals surface area contributed by atoms with E-state index in [1.165, 1.54) is 65.3 Å². The molecular weight excluding hydrogens is 726 g/mol. The molecule has 3 heterocycles. The molecule has 0 bridgehead atoms. The number of rotatable bonds is 11. The zero-order chi connectivity index (χ0) is 33.0. The topological polar surface area (TPSA) is 142 Å². The Hall–Kier alpha value is -2.80. The number of aliphatic hydroxyl groups excluding tert-OH is 1. The van der Waals surface area contributed by atoms with Gasteiger partial charge in [-0.1, -0.05) is 11.3 Å². The summed E-state index contributed by atoms with van der Waals surface area (Å²) in [6, 6.07) is 2.97. The van der Waals surface area contributed by atoms with Crippen LogP contribution in [-0.4, -0.2) is 68.6 Å². The average molecular weight is 765 g/mol. The van der Waals surface area contributed by atoms with E-state index in [0.717, 1.165) is 11.0 Å². The van der Waals surface area contributed by atoms with Gasteiger partial charge in [-0.05, 0) is 85.5 Å². The van der Waals surface area contributed by atoms with Gasteiger partial charge in [0.15, 0.2) is 0 Å². The number of methoxy groups -OCH3 is 2. The van der Waals surface area contributed by atoms with Crippen LogP contribution < -0.4 is 21.3 Å². The third-order valence-electron chi connectivity index (χ3n) is 6.37. The van der Waals surface area contributed by atoms with E-state index in [2.05, 4.69) is 30.1 Å². The van der Waals surface area contributed by atoms with Gasteiger partial charge in [0, 0.05) is 38.5 Å². The Balaban J connectivity index is 0.000000755. The van der Waals surface area contributed by atoms with Crippen LogP contribution in [0.25, 0.3) is 15.2 Å². The van der Waals surface area contributed by atoms with Crippen LogP contribution in [-0.2, 0) is 22.5 Å². The highest BCUT2D eigenvalue weighted by Crippen LogP contribution is 2.31. The Bertz CT molecular complexity index is 1620. The van der Waals surface area contributed by atoms with Gasteiger partial charge in [0.05, 0.1) is 24.9 Å². The van der Waals surface area contributed by atoms with Crippen LogP contribution in [0.1, 0.15) is 44.4 Å². The maximum Gasteiger partial charge on any atom is 0.332 e. The largest absolute Gasteiger partial charge is 0.496 e. The van der Waals surface area contributed by atoms with Crippen LogP contribution >= 0.6 is 42.3 Å². The van der Waals surface area contributed by atoms with Gasteiger partial charge >= 0.3 is 5.69 Å². The van der Waals surface area contributed by atoms with Gasteiger partial charge in [-0.15, -0.1) is 14.6 Å². The summed E-state index contributed by atoms with van der Waals surface area (Å²) in [5.74, 6) is -0.377. The maximum atomic E-state index is 13.9. The molecule has 4 aromatic rings. The van der Waals surface area contributed by atoms with Crippen molar-refractivity contribution in [2.24, 2.45) is 0 Å². The molecule has 1 unspecified atom stereocenters. The number of hydrogen-bond donors (Lipinski definition) is 3. The zero-order valence-electron chi connectivity index (χ0n) is 25.4. The van der Waals surface area contributed by atoms with Gasteiger partial charge in [0.1, 0.15) is 27.4 Å². The number of fused-ring (bicyclic) bond motifs is 1. The van der Waals surface area contributed by atoms with Gasteiger partial charge in [-0.2, -0.15) is 10.2 Å². The molecule has 3 aromatic heterocycles. The molecule has 242 valence electrons. The number of thiol groups is 1. The highest BCUT2D eigenvalue weighted by Gasteiger charge is 2.26. The summed E-state index contributed by atoms with van der Waals surface area (Å²) in [5.41, 5.74) is -0.0229. The summed E-state index contributed by atoms with van der Waals surface area (Å²) in [6.07, 6.45) is 4.04. The van der Waals surface area contributed by atoms with E-state index >= 15 is 0 Å². The molecule has 0 fully saturated rings. The summed E-state index contributed by atoms with van der Waals surface area (Å²) in [4.78, 5) is 41.9. The third kappa shape index (κ3) is 9.12. The second-order valence-electron chi connectivity index (χ2n) is 9.76. The number of halogens is 2. The number of hydrogen-bond acceptors (Lipinski definition) is 10. The van der Waals surface area contributed by atoms with Crippen LogP contribution in [0.15, 0.2) is 40.2 Å². The molecule has 12 nitrogen and oxygen atoms in total. The number of aryl methyl sites for hydroxylation is 3. The molecule has 1 aromatic carbocycles. The Morgan fingerprint density at radius 2 is 1.84 bits per heavy atom. The van der Waals surface area contributed by atoms with E-state index in [4.69, 9.17) is 9.84 Å². The Morgan fingerprint density at radius 3 is 2.39 bits per heavy atom. The molecule has 0 saturated heterocycles. The smallest absolute Gasteiger partial charge is 0.332 e. The van der Waals surface area contributed by atoms with Crippen molar-refractivity contribution < 1.29 is 23.8 Å². The Morgan fingerprint density at radius 1 is 1.18 bits per heavy atom. The lowest BCUT2D eigenvalue weighted by atomic mass is 10.1. The minimum Gasteiger partial charge on any atom is -0.496 e.